The van der Waals surface area contributed by atoms with Gasteiger partial charge in [0.1, 0.15) is 4.32 Å². The normalized spacial score (nSPS) is 18.4. The predicted octanol–water partition coefficient (Wildman–Crippen LogP) is 1.72. The lowest BCUT2D eigenvalue weighted by Gasteiger charge is -2.26. The first-order valence-corrected chi connectivity index (χ1v) is 7.71. The third-order valence-corrected chi connectivity index (χ3v) is 4.60. The van der Waals surface area contributed by atoms with Crippen molar-refractivity contribution in [1.82, 2.24) is 4.90 Å². The van der Waals surface area contributed by atoms with Crippen LogP contribution in [0, 0.1) is 6.92 Å². The van der Waals surface area contributed by atoms with Crippen LogP contribution in [0.3, 0.4) is 0 Å². The van der Waals surface area contributed by atoms with Gasteiger partial charge in [0.05, 0.1) is 16.9 Å². The summed E-state index contributed by atoms with van der Waals surface area (Å²) in [4.78, 5) is 25.1. The second-order valence-corrected chi connectivity index (χ2v) is 6.33. The lowest BCUT2D eigenvalue weighted by atomic mass is 10.1. The molecule has 4 nitrogen and oxygen atoms in total. The van der Waals surface area contributed by atoms with E-state index in [4.69, 9.17) is 12.2 Å². The molecule has 1 saturated heterocycles. The van der Waals surface area contributed by atoms with Gasteiger partial charge in [-0.2, -0.15) is 0 Å². The lowest BCUT2D eigenvalue weighted by molar-refractivity contribution is -0.310. The number of nitrogens with zero attached hydrogens (tertiary/aromatic N) is 1. The van der Waals surface area contributed by atoms with Crippen molar-refractivity contribution >= 4 is 46.3 Å². The monoisotopic (exact) mass is 320 g/mol. The van der Waals surface area contributed by atoms with Crippen LogP contribution in [-0.2, 0) is 9.59 Å². The molecule has 0 aliphatic carbocycles. The standard InChI is InChI=1S/C15H15NO3S2/c1-3-11(14(18)19)16-13(17)12(21-15(16)20)8-10-7-5-4-6-9(10)2/h4-8,11H,3H2,1-2H3,(H,18,19)/p-1/b12-8-/t11-/m1/s1. The summed E-state index contributed by atoms with van der Waals surface area (Å²) in [7, 11) is 0. The van der Waals surface area contributed by atoms with Crippen molar-refractivity contribution in [3.63, 3.8) is 0 Å². The van der Waals surface area contributed by atoms with Crippen LogP contribution >= 0.6 is 24.0 Å². The molecule has 0 N–H and O–H groups in total. The number of thiocarbonyl (C=S) groups is 1. The van der Waals surface area contributed by atoms with Crippen LogP contribution < -0.4 is 5.11 Å². The summed E-state index contributed by atoms with van der Waals surface area (Å²) in [6.07, 6.45) is 2.00. The number of aryl methyl sites for hydroxylation is 1. The van der Waals surface area contributed by atoms with E-state index >= 15 is 0 Å². The van der Waals surface area contributed by atoms with E-state index in [0.717, 1.165) is 27.8 Å². The zero-order chi connectivity index (χ0) is 15.6. The highest BCUT2D eigenvalue weighted by molar-refractivity contribution is 8.26. The van der Waals surface area contributed by atoms with Crippen LogP contribution in [0.25, 0.3) is 6.08 Å². The van der Waals surface area contributed by atoms with E-state index in [0.29, 0.717) is 4.91 Å². The number of rotatable bonds is 4. The van der Waals surface area contributed by atoms with Gasteiger partial charge in [-0.15, -0.1) is 0 Å². The van der Waals surface area contributed by atoms with E-state index in [1.807, 2.05) is 31.2 Å². The Bertz CT molecular complexity index is 640. The summed E-state index contributed by atoms with van der Waals surface area (Å²) in [6, 6.07) is 6.64. The summed E-state index contributed by atoms with van der Waals surface area (Å²) in [5.74, 6) is -1.66. The molecule has 1 aliphatic rings. The smallest absolute Gasteiger partial charge is 0.266 e. The Kier molecular flexibility index (Phi) is 4.80. The highest BCUT2D eigenvalue weighted by Crippen LogP contribution is 2.34. The van der Waals surface area contributed by atoms with E-state index < -0.39 is 12.0 Å². The van der Waals surface area contributed by atoms with Crippen LogP contribution in [-0.4, -0.2) is 27.1 Å². The Labute approximate surface area is 132 Å². The maximum Gasteiger partial charge on any atom is 0.266 e. The fourth-order valence-corrected chi connectivity index (χ4v) is 3.44. The van der Waals surface area contributed by atoms with Gasteiger partial charge < -0.3 is 9.90 Å². The summed E-state index contributed by atoms with van der Waals surface area (Å²) >= 11 is 6.27. The molecule has 0 radical (unpaired) electrons. The van der Waals surface area contributed by atoms with Gasteiger partial charge in [0.15, 0.2) is 0 Å². The molecule has 1 aromatic carbocycles. The second-order valence-electron chi connectivity index (χ2n) is 4.65. The van der Waals surface area contributed by atoms with Gasteiger partial charge in [0.2, 0.25) is 0 Å². The molecule has 0 unspecified atom stereocenters. The summed E-state index contributed by atoms with van der Waals surface area (Å²) < 4.78 is 0.260. The number of aliphatic carboxylic acids is 1. The minimum atomic E-state index is -1.29. The molecule has 0 aromatic heterocycles. The molecular weight excluding hydrogens is 306 g/mol. The van der Waals surface area contributed by atoms with Crippen LogP contribution in [0.1, 0.15) is 24.5 Å². The molecule has 1 atom stereocenters. The Morgan fingerprint density at radius 3 is 2.71 bits per heavy atom. The first kappa shape index (κ1) is 15.7. The topological polar surface area (TPSA) is 60.4 Å². The van der Waals surface area contributed by atoms with E-state index in [-0.39, 0.29) is 16.6 Å². The van der Waals surface area contributed by atoms with Gasteiger partial charge in [-0.05, 0) is 30.5 Å². The fourth-order valence-electron chi connectivity index (χ4n) is 2.09. The van der Waals surface area contributed by atoms with Crippen molar-refractivity contribution in [3.8, 4) is 0 Å². The predicted molar refractivity (Wildman–Crippen MR) is 85.3 cm³/mol. The second kappa shape index (κ2) is 6.41. The number of carboxylic acid groups (broad SMARTS) is 1. The minimum absolute atomic E-state index is 0.256. The van der Waals surface area contributed by atoms with Gasteiger partial charge in [0.25, 0.3) is 5.91 Å². The van der Waals surface area contributed by atoms with E-state index in [9.17, 15) is 14.7 Å². The maximum atomic E-state index is 12.4. The quantitative estimate of drug-likeness (QED) is 0.624. The molecule has 0 spiro atoms. The number of carbonyl (C=O) groups excluding carboxylic acids is 2. The molecule has 110 valence electrons. The molecule has 1 aliphatic heterocycles. The number of amides is 1. The van der Waals surface area contributed by atoms with Gasteiger partial charge >= 0.3 is 0 Å². The number of thioether (sulfide) groups is 1. The van der Waals surface area contributed by atoms with Crippen LogP contribution in [0.15, 0.2) is 29.2 Å². The molecule has 6 heteroatoms. The highest BCUT2D eigenvalue weighted by atomic mass is 32.2. The fraction of sp³-hybridized carbons (Fsp3) is 0.267. The molecule has 1 amide bonds. The molecule has 21 heavy (non-hydrogen) atoms. The van der Waals surface area contributed by atoms with Crippen molar-refractivity contribution in [2.45, 2.75) is 26.3 Å². The third-order valence-electron chi connectivity index (χ3n) is 3.27. The number of carbonyl (C=O) groups is 2. The molecule has 2 rings (SSSR count). The summed E-state index contributed by atoms with van der Waals surface area (Å²) in [5.41, 5.74) is 1.95. The zero-order valence-electron chi connectivity index (χ0n) is 11.7. The van der Waals surface area contributed by atoms with Gasteiger partial charge in [-0.3, -0.25) is 9.69 Å². The number of carboxylic acids is 1. The van der Waals surface area contributed by atoms with Crippen molar-refractivity contribution < 1.29 is 14.7 Å². The molecule has 0 bridgehead atoms. The first-order chi connectivity index (χ1) is 9.95. The van der Waals surface area contributed by atoms with Crippen molar-refractivity contribution in [2.75, 3.05) is 0 Å². The highest BCUT2D eigenvalue weighted by Gasteiger charge is 2.37. The SMILES string of the molecule is CC[C@H](C(=O)[O-])N1C(=O)/C(=C/c2ccccc2C)SC1=S. The minimum Gasteiger partial charge on any atom is -0.548 e. The Hall–Kier alpha value is -1.66. The van der Waals surface area contributed by atoms with Gasteiger partial charge in [-0.1, -0.05) is 55.2 Å². The number of benzene rings is 1. The van der Waals surface area contributed by atoms with E-state index in [1.54, 1.807) is 13.0 Å². The van der Waals surface area contributed by atoms with Crippen molar-refractivity contribution in [2.24, 2.45) is 0 Å². The average molecular weight is 320 g/mol. The van der Waals surface area contributed by atoms with Crippen LogP contribution in [0.2, 0.25) is 0 Å². The Balaban J connectivity index is 2.34. The molecule has 1 aromatic rings. The number of hydrogen-bond donors (Lipinski definition) is 0. The molecule has 1 fully saturated rings. The first-order valence-electron chi connectivity index (χ1n) is 6.49. The van der Waals surface area contributed by atoms with Crippen molar-refractivity contribution in [1.29, 1.82) is 0 Å². The molecular formula is C15H14NO3S2-. The van der Waals surface area contributed by atoms with E-state index in [2.05, 4.69) is 0 Å². The average Bonchev–Trinajstić information content (AvgIpc) is 2.70. The third kappa shape index (κ3) is 3.16. The maximum absolute atomic E-state index is 12.4. The Morgan fingerprint density at radius 1 is 1.48 bits per heavy atom. The molecule has 1 heterocycles. The summed E-state index contributed by atoms with van der Waals surface area (Å²) in [6.45, 7) is 3.63. The van der Waals surface area contributed by atoms with Gasteiger partial charge in [0, 0.05) is 0 Å². The zero-order valence-corrected chi connectivity index (χ0v) is 13.3. The summed E-state index contributed by atoms with van der Waals surface area (Å²) in [5, 5.41) is 11.1. The Morgan fingerprint density at radius 2 is 2.14 bits per heavy atom. The van der Waals surface area contributed by atoms with Crippen molar-refractivity contribution in [3.05, 3.63) is 40.3 Å². The van der Waals surface area contributed by atoms with Crippen LogP contribution in [0.5, 0.6) is 0 Å². The van der Waals surface area contributed by atoms with E-state index in [1.165, 1.54) is 0 Å². The number of hydrogen-bond acceptors (Lipinski definition) is 5. The largest absolute Gasteiger partial charge is 0.548 e. The molecule has 0 saturated carbocycles. The lowest BCUT2D eigenvalue weighted by Crippen LogP contribution is -2.49. The van der Waals surface area contributed by atoms with Gasteiger partial charge in [-0.25, -0.2) is 0 Å². The van der Waals surface area contributed by atoms with Crippen LogP contribution in [0.4, 0.5) is 0 Å².